The second kappa shape index (κ2) is 9.42. The van der Waals surface area contributed by atoms with Gasteiger partial charge in [0.1, 0.15) is 0 Å². The molecule has 1 atom stereocenters. The Morgan fingerprint density at radius 2 is 1.66 bits per heavy atom. The van der Waals surface area contributed by atoms with Crippen molar-refractivity contribution < 1.29 is 18.0 Å². The molecule has 0 aromatic heterocycles. The van der Waals surface area contributed by atoms with E-state index in [-0.39, 0.29) is 6.54 Å². The molecule has 2 aromatic carbocycles. The van der Waals surface area contributed by atoms with E-state index < -0.39 is 27.9 Å². The molecule has 0 bridgehead atoms. The summed E-state index contributed by atoms with van der Waals surface area (Å²) < 4.78 is 28.3. The van der Waals surface area contributed by atoms with Gasteiger partial charge in [-0.3, -0.25) is 9.59 Å². The van der Waals surface area contributed by atoms with Gasteiger partial charge in [-0.25, -0.2) is 8.42 Å². The van der Waals surface area contributed by atoms with Crippen molar-refractivity contribution >= 4 is 27.5 Å². The average molecular weight is 458 g/mol. The fraction of sp³-hybridized carbons (Fsp3) is 0.417. The normalized spacial score (nSPS) is 16.7. The van der Waals surface area contributed by atoms with Crippen LogP contribution in [0.1, 0.15) is 40.7 Å². The van der Waals surface area contributed by atoms with Crippen LogP contribution in [0.25, 0.3) is 0 Å². The lowest BCUT2D eigenvalue weighted by Gasteiger charge is -2.26. The van der Waals surface area contributed by atoms with E-state index in [1.807, 2.05) is 45.0 Å². The van der Waals surface area contributed by atoms with Crippen LogP contribution in [-0.4, -0.2) is 43.7 Å². The lowest BCUT2D eigenvalue weighted by atomic mass is 10.1. The lowest BCUT2D eigenvalue weighted by Crippen LogP contribution is -2.45. The van der Waals surface area contributed by atoms with Gasteiger partial charge in [0, 0.05) is 24.8 Å². The predicted molar refractivity (Wildman–Crippen MR) is 125 cm³/mol. The Labute approximate surface area is 190 Å². The molecular formula is C24H31N3O4S. The van der Waals surface area contributed by atoms with Crippen molar-refractivity contribution in [2.75, 3.05) is 18.4 Å². The summed E-state index contributed by atoms with van der Waals surface area (Å²) in [6.07, 6.45) is 1.33. The summed E-state index contributed by atoms with van der Waals surface area (Å²) in [5, 5.41) is 5.24. The van der Waals surface area contributed by atoms with Crippen LogP contribution in [0.2, 0.25) is 0 Å². The molecule has 2 N–H and O–H groups in total. The molecule has 0 aliphatic carbocycles. The summed E-state index contributed by atoms with van der Waals surface area (Å²) in [6.45, 7) is 9.83. The fourth-order valence-corrected chi connectivity index (χ4v) is 6.48. The molecule has 1 fully saturated rings. The first kappa shape index (κ1) is 23.9. The van der Waals surface area contributed by atoms with Crippen molar-refractivity contribution in [3.8, 4) is 0 Å². The Bertz CT molecular complexity index is 1130. The zero-order valence-electron chi connectivity index (χ0n) is 19.3. The summed E-state index contributed by atoms with van der Waals surface area (Å²) >= 11 is 0. The van der Waals surface area contributed by atoms with Crippen LogP contribution >= 0.6 is 0 Å². The summed E-state index contributed by atoms with van der Waals surface area (Å²) in [5.74, 6) is -1.55. The lowest BCUT2D eigenvalue weighted by molar-refractivity contribution is -0.136. The van der Waals surface area contributed by atoms with Gasteiger partial charge in [0.25, 0.3) is 0 Å². The van der Waals surface area contributed by atoms with Gasteiger partial charge in [0.15, 0.2) is 0 Å². The monoisotopic (exact) mass is 457 g/mol. The van der Waals surface area contributed by atoms with Crippen LogP contribution < -0.4 is 10.6 Å². The molecule has 32 heavy (non-hydrogen) atoms. The van der Waals surface area contributed by atoms with Crippen LogP contribution in [-0.2, 0) is 19.6 Å². The van der Waals surface area contributed by atoms with Gasteiger partial charge in [0.05, 0.1) is 4.90 Å². The fourth-order valence-electron chi connectivity index (χ4n) is 4.38. The van der Waals surface area contributed by atoms with Crippen molar-refractivity contribution in [3.63, 3.8) is 0 Å². The second-order valence-corrected chi connectivity index (χ2v) is 10.4. The first-order valence-corrected chi connectivity index (χ1v) is 12.2. The standard InChI is InChI=1S/C24H31N3O4S/c1-15-12-17(3)22(18(4)13-15)32(30,31)27-11-7-9-20(27)14-25-23(28)24(29)26-21-10-6-8-16(2)19(21)5/h6,8,10,12-13,20H,7,9,11,14H2,1-5H3,(H,25,28)(H,26,29)/t20-/m0/s1. The minimum absolute atomic E-state index is 0.0856. The molecule has 0 saturated carbocycles. The number of nitrogens with zero attached hydrogens (tertiary/aromatic N) is 1. The highest BCUT2D eigenvalue weighted by molar-refractivity contribution is 7.89. The van der Waals surface area contributed by atoms with E-state index in [0.717, 1.165) is 16.7 Å². The highest BCUT2D eigenvalue weighted by atomic mass is 32.2. The van der Waals surface area contributed by atoms with Crippen molar-refractivity contribution in [2.24, 2.45) is 0 Å². The van der Waals surface area contributed by atoms with E-state index >= 15 is 0 Å². The molecule has 0 radical (unpaired) electrons. The summed E-state index contributed by atoms with van der Waals surface area (Å²) in [5.41, 5.74) is 4.93. The van der Waals surface area contributed by atoms with Crippen LogP contribution in [0.5, 0.6) is 0 Å². The van der Waals surface area contributed by atoms with Gasteiger partial charge in [0.2, 0.25) is 10.0 Å². The van der Waals surface area contributed by atoms with E-state index in [4.69, 9.17) is 0 Å². The Morgan fingerprint density at radius 1 is 1.00 bits per heavy atom. The zero-order chi connectivity index (χ0) is 23.6. The molecule has 2 amide bonds. The van der Waals surface area contributed by atoms with E-state index in [0.29, 0.717) is 41.1 Å². The zero-order valence-corrected chi connectivity index (χ0v) is 20.1. The third-order valence-corrected chi connectivity index (χ3v) is 8.31. The van der Waals surface area contributed by atoms with E-state index in [9.17, 15) is 18.0 Å². The number of hydrogen-bond donors (Lipinski definition) is 2. The number of benzene rings is 2. The van der Waals surface area contributed by atoms with Gasteiger partial charge in [-0.2, -0.15) is 4.31 Å². The molecule has 1 aliphatic rings. The number of carbonyl (C=O) groups excluding carboxylic acids is 2. The third kappa shape index (κ3) is 4.86. The quantitative estimate of drug-likeness (QED) is 0.675. The van der Waals surface area contributed by atoms with Crippen LogP contribution in [0.3, 0.4) is 0 Å². The van der Waals surface area contributed by atoms with Crippen molar-refractivity contribution in [1.29, 1.82) is 0 Å². The summed E-state index contributed by atoms with van der Waals surface area (Å²) in [4.78, 5) is 25.1. The molecule has 2 aromatic rings. The molecule has 7 nitrogen and oxygen atoms in total. The minimum atomic E-state index is -3.71. The van der Waals surface area contributed by atoms with Gasteiger partial charge in [-0.1, -0.05) is 29.8 Å². The number of nitrogens with one attached hydrogen (secondary N) is 2. The number of amides is 2. The van der Waals surface area contributed by atoms with Crippen molar-refractivity contribution in [1.82, 2.24) is 9.62 Å². The maximum atomic E-state index is 13.4. The van der Waals surface area contributed by atoms with Crippen molar-refractivity contribution in [3.05, 3.63) is 58.1 Å². The Hall–Kier alpha value is -2.71. The molecule has 1 aliphatic heterocycles. The number of rotatable bonds is 5. The van der Waals surface area contributed by atoms with Crippen LogP contribution in [0.15, 0.2) is 35.2 Å². The molecule has 1 saturated heterocycles. The molecule has 8 heteroatoms. The first-order chi connectivity index (χ1) is 15.0. The smallest absolute Gasteiger partial charge is 0.313 e. The largest absolute Gasteiger partial charge is 0.346 e. The summed E-state index contributed by atoms with van der Waals surface area (Å²) in [6, 6.07) is 8.82. The Morgan fingerprint density at radius 3 is 2.31 bits per heavy atom. The van der Waals surface area contributed by atoms with Gasteiger partial charge >= 0.3 is 11.8 Å². The minimum Gasteiger partial charge on any atom is -0.346 e. The maximum Gasteiger partial charge on any atom is 0.313 e. The number of aryl methyl sites for hydroxylation is 4. The second-order valence-electron chi connectivity index (χ2n) is 8.55. The molecule has 1 heterocycles. The van der Waals surface area contributed by atoms with E-state index in [1.165, 1.54) is 4.31 Å². The number of sulfonamides is 1. The van der Waals surface area contributed by atoms with Crippen LogP contribution in [0.4, 0.5) is 5.69 Å². The molecule has 3 rings (SSSR count). The van der Waals surface area contributed by atoms with Gasteiger partial charge in [-0.15, -0.1) is 0 Å². The molecule has 0 spiro atoms. The van der Waals surface area contributed by atoms with Crippen LogP contribution in [0, 0.1) is 34.6 Å². The number of carbonyl (C=O) groups is 2. The van der Waals surface area contributed by atoms with E-state index in [2.05, 4.69) is 10.6 Å². The Balaban J connectivity index is 1.69. The van der Waals surface area contributed by atoms with Gasteiger partial charge < -0.3 is 10.6 Å². The molecule has 0 unspecified atom stereocenters. The molecular weight excluding hydrogens is 426 g/mol. The number of anilines is 1. The highest BCUT2D eigenvalue weighted by Gasteiger charge is 2.37. The summed E-state index contributed by atoms with van der Waals surface area (Å²) in [7, 11) is -3.71. The average Bonchev–Trinajstić information content (AvgIpc) is 3.18. The van der Waals surface area contributed by atoms with Crippen molar-refractivity contribution in [2.45, 2.75) is 58.4 Å². The van der Waals surface area contributed by atoms with Gasteiger partial charge in [-0.05, 0) is 75.8 Å². The van der Waals surface area contributed by atoms with E-state index in [1.54, 1.807) is 19.9 Å². The maximum absolute atomic E-state index is 13.4. The number of hydrogen-bond acceptors (Lipinski definition) is 4. The third-order valence-electron chi connectivity index (χ3n) is 6.05. The molecule has 172 valence electrons. The topological polar surface area (TPSA) is 95.6 Å². The highest BCUT2D eigenvalue weighted by Crippen LogP contribution is 2.30. The first-order valence-electron chi connectivity index (χ1n) is 10.8. The SMILES string of the molecule is Cc1cc(C)c(S(=O)(=O)N2CCC[C@H]2CNC(=O)C(=O)Nc2cccc(C)c2C)c(C)c1. The Kier molecular flexibility index (Phi) is 7.05. The predicted octanol–water partition coefficient (Wildman–Crippen LogP) is 3.14.